The van der Waals surface area contributed by atoms with E-state index in [1.807, 2.05) is 0 Å². The standard InChI is InChI=1S/C40H45N9O16/c1-6-27-32(62-37(54)23-13-9-7-10-14-23)36(63-38(55)24-15-11-8-12-16-24)40(60-27)65-35-30(57-20(3)51)25(44-47-41)17-26(45-48-42)31(35)64-39-29(46-49-43)34(59-22(5)53)33(58-21(4)52)28(61-39)18-56-19(2)50/h7-16,25-36,39-40H,6,17-18H2,1-5H3/t25-,26?,27-,28?,29?,30-,31-,32?,33-,34-,35?,36+,39-,40+/m1/s1. The van der Waals surface area contributed by atoms with Gasteiger partial charge >= 0.3 is 35.8 Å². The summed E-state index contributed by atoms with van der Waals surface area (Å²) in [5.74, 6) is -5.22. The normalized spacial score (nSPS) is 30.4. The van der Waals surface area contributed by atoms with Crippen LogP contribution in [0.4, 0.5) is 0 Å². The Morgan fingerprint density at radius 1 is 0.554 bits per heavy atom. The zero-order valence-electron chi connectivity index (χ0n) is 35.5. The van der Waals surface area contributed by atoms with Crippen LogP contribution in [0.3, 0.4) is 0 Å². The van der Waals surface area contributed by atoms with Crippen LogP contribution in [0.2, 0.25) is 0 Å². The minimum absolute atomic E-state index is 0.0964. The molecule has 2 saturated heterocycles. The summed E-state index contributed by atoms with van der Waals surface area (Å²) in [4.78, 5) is 85.5. The highest BCUT2D eigenvalue weighted by Crippen LogP contribution is 2.40. The summed E-state index contributed by atoms with van der Waals surface area (Å²) in [6.07, 6.45) is -17.5. The van der Waals surface area contributed by atoms with Gasteiger partial charge in [-0.25, -0.2) is 9.59 Å². The molecule has 0 aromatic heterocycles. The first-order chi connectivity index (χ1) is 31.2. The highest BCUT2D eigenvalue weighted by molar-refractivity contribution is 5.90. The zero-order valence-corrected chi connectivity index (χ0v) is 35.5. The Morgan fingerprint density at radius 2 is 1.02 bits per heavy atom. The molecule has 3 fully saturated rings. The van der Waals surface area contributed by atoms with Crippen LogP contribution < -0.4 is 0 Å². The quantitative estimate of drug-likeness (QED) is 0.0672. The highest BCUT2D eigenvalue weighted by atomic mass is 16.8. The van der Waals surface area contributed by atoms with E-state index in [2.05, 4.69) is 30.1 Å². The van der Waals surface area contributed by atoms with E-state index in [0.29, 0.717) is 0 Å². The second kappa shape index (κ2) is 23.1. The van der Waals surface area contributed by atoms with E-state index in [1.165, 1.54) is 24.3 Å². The van der Waals surface area contributed by atoms with Gasteiger partial charge in [-0.2, -0.15) is 0 Å². The lowest BCUT2D eigenvalue weighted by atomic mass is 9.83. The molecule has 5 unspecified atom stereocenters. The van der Waals surface area contributed by atoms with Crippen molar-refractivity contribution in [3.8, 4) is 0 Å². The molecule has 2 heterocycles. The fourth-order valence-corrected chi connectivity index (χ4v) is 7.58. The van der Waals surface area contributed by atoms with E-state index < -0.39 is 128 Å². The lowest BCUT2D eigenvalue weighted by Crippen LogP contribution is -2.65. The number of benzene rings is 2. The first-order valence-electron chi connectivity index (χ1n) is 20.1. The fraction of sp³-hybridized carbons (Fsp3) is 0.550. The van der Waals surface area contributed by atoms with E-state index in [0.717, 1.165) is 27.7 Å². The van der Waals surface area contributed by atoms with Crippen molar-refractivity contribution in [1.29, 1.82) is 0 Å². The van der Waals surface area contributed by atoms with E-state index in [9.17, 15) is 45.4 Å². The topological polar surface area (TPSA) is 341 Å². The average molecular weight is 908 g/mol. The molecule has 346 valence electrons. The van der Waals surface area contributed by atoms with E-state index in [-0.39, 0.29) is 24.0 Å². The molecule has 1 aliphatic carbocycles. The van der Waals surface area contributed by atoms with Crippen LogP contribution >= 0.6 is 0 Å². The van der Waals surface area contributed by atoms with Crippen molar-refractivity contribution in [2.24, 2.45) is 15.3 Å². The Balaban J connectivity index is 1.64. The van der Waals surface area contributed by atoms with Crippen molar-refractivity contribution in [2.75, 3.05) is 6.61 Å². The summed E-state index contributed by atoms with van der Waals surface area (Å²) in [5, 5.41) is 11.4. The molecular formula is C40H45N9O16. The summed E-state index contributed by atoms with van der Waals surface area (Å²) < 4.78 is 59.3. The van der Waals surface area contributed by atoms with E-state index in [1.54, 1.807) is 43.3 Å². The van der Waals surface area contributed by atoms with Gasteiger partial charge in [0.15, 0.2) is 37.0 Å². The Hall–Kier alpha value is -6.97. The van der Waals surface area contributed by atoms with Crippen molar-refractivity contribution >= 4 is 35.8 Å². The highest BCUT2D eigenvalue weighted by Gasteiger charge is 2.58. The van der Waals surface area contributed by atoms with E-state index >= 15 is 0 Å². The molecule has 2 aliphatic heterocycles. The van der Waals surface area contributed by atoms with Gasteiger partial charge in [0, 0.05) is 42.4 Å². The summed E-state index contributed by atoms with van der Waals surface area (Å²) >= 11 is 0. The maximum Gasteiger partial charge on any atom is 0.338 e. The molecule has 5 rings (SSSR count). The maximum absolute atomic E-state index is 13.7. The smallest absolute Gasteiger partial charge is 0.338 e. The Bertz CT molecular complexity index is 2190. The molecule has 0 bridgehead atoms. The van der Waals surface area contributed by atoms with Crippen LogP contribution in [-0.4, -0.2) is 128 Å². The van der Waals surface area contributed by atoms with Crippen LogP contribution in [0.25, 0.3) is 31.3 Å². The van der Waals surface area contributed by atoms with Gasteiger partial charge in [-0.05, 0) is 53.7 Å². The number of hydrogen-bond donors (Lipinski definition) is 0. The number of rotatable bonds is 17. The number of nitrogens with zero attached hydrogens (tertiary/aromatic N) is 9. The van der Waals surface area contributed by atoms with Gasteiger partial charge in [-0.3, -0.25) is 19.2 Å². The predicted octanol–water partition coefficient (Wildman–Crippen LogP) is 4.87. The Labute approximate surface area is 369 Å². The van der Waals surface area contributed by atoms with Gasteiger partial charge in [0.2, 0.25) is 0 Å². The number of carbonyl (C=O) groups excluding carboxylic acids is 6. The molecule has 25 heteroatoms. The Kier molecular flexibility index (Phi) is 17.4. The largest absolute Gasteiger partial charge is 0.463 e. The molecular weight excluding hydrogens is 862 g/mol. The minimum Gasteiger partial charge on any atom is -0.463 e. The molecule has 3 aliphatic rings. The molecule has 14 atom stereocenters. The first kappa shape index (κ1) is 49.1. The van der Waals surface area contributed by atoms with Gasteiger partial charge in [0.25, 0.3) is 0 Å². The molecule has 0 spiro atoms. The number of ether oxygens (including phenoxy) is 10. The first-order valence-corrected chi connectivity index (χ1v) is 20.1. The molecule has 1 saturated carbocycles. The van der Waals surface area contributed by atoms with Crippen LogP contribution in [0.15, 0.2) is 76.0 Å². The third-order valence-electron chi connectivity index (χ3n) is 10.2. The van der Waals surface area contributed by atoms with Crippen molar-refractivity contribution in [1.82, 2.24) is 0 Å². The monoisotopic (exact) mass is 907 g/mol. The molecule has 0 amide bonds. The van der Waals surface area contributed by atoms with Crippen molar-refractivity contribution < 1.29 is 76.1 Å². The van der Waals surface area contributed by atoms with E-state index in [4.69, 9.17) is 47.4 Å². The minimum atomic E-state index is -1.87. The van der Waals surface area contributed by atoms with Crippen molar-refractivity contribution in [3.63, 3.8) is 0 Å². The zero-order chi connectivity index (χ0) is 47.2. The van der Waals surface area contributed by atoms with Gasteiger partial charge in [0.05, 0.1) is 29.3 Å². The summed E-state index contributed by atoms with van der Waals surface area (Å²) in [6.45, 7) is 5.25. The molecule has 0 radical (unpaired) electrons. The number of hydrogen-bond acceptors (Lipinski definition) is 19. The lowest BCUT2D eigenvalue weighted by Gasteiger charge is -2.48. The lowest BCUT2D eigenvalue weighted by molar-refractivity contribution is -0.312. The summed E-state index contributed by atoms with van der Waals surface area (Å²) in [5.41, 5.74) is 29.5. The maximum atomic E-state index is 13.7. The van der Waals surface area contributed by atoms with Crippen LogP contribution in [0, 0.1) is 0 Å². The van der Waals surface area contributed by atoms with Gasteiger partial charge in [0.1, 0.15) is 37.1 Å². The van der Waals surface area contributed by atoms with Gasteiger partial charge in [-0.1, -0.05) is 58.7 Å². The predicted molar refractivity (Wildman–Crippen MR) is 215 cm³/mol. The molecule has 25 nitrogen and oxygen atoms in total. The molecule has 65 heavy (non-hydrogen) atoms. The van der Waals surface area contributed by atoms with Gasteiger partial charge < -0.3 is 47.4 Å². The summed E-state index contributed by atoms with van der Waals surface area (Å²) in [6, 6.07) is 11.2. The van der Waals surface area contributed by atoms with Crippen molar-refractivity contribution in [3.05, 3.63) is 103 Å². The van der Waals surface area contributed by atoms with Gasteiger partial charge in [-0.15, -0.1) is 0 Å². The third-order valence-corrected chi connectivity index (χ3v) is 10.2. The molecule has 2 aromatic carbocycles. The summed E-state index contributed by atoms with van der Waals surface area (Å²) in [7, 11) is 0. The second-order valence-corrected chi connectivity index (χ2v) is 14.7. The third kappa shape index (κ3) is 12.6. The average Bonchev–Trinajstić information content (AvgIpc) is 3.58. The number of azide groups is 3. The second-order valence-electron chi connectivity index (χ2n) is 14.7. The fourth-order valence-electron chi connectivity index (χ4n) is 7.58. The molecule has 2 aromatic rings. The SMILES string of the molecule is CC[C@H]1O[C@@H](OC2[C@H](O[C@H]3OC(COC(C)=O)[C@@H](OC(C)=O)[C@H](OC(C)=O)C3N=[N+]=[N-])C(N=[N+]=[N-])C[C@@H](N=[N+]=[N-])[C@H]2OC(C)=O)[C@@H](OC(=O)c2ccccc2)C1OC(=O)c1ccccc1. The van der Waals surface area contributed by atoms with Crippen molar-refractivity contribution in [2.45, 2.75) is 133 Å². The number of esters is 6. The Morgan fingerprint density at radius 3 is 1.52 bits per heavy atom. The molecule has 0 N–H and O–H groups in total. The number of carbonyl (C=O) groups is 6. The van der Waals surface area contributed by atoms with Crippen LogP contribution in [0.5, 0.6) is 0 Å². The van der Waals surface area contributed by atoms with Crippen LogP contribution in [-0.2, 0) is 66.5 Å². The van der Waals surface area contributed by atoms with Crippen LogP contribution in [0.1, 0.15) is 68.2 Å².